The van der Waals surface area contributed by atoms with Crippen molar-refractivity contribution in [3.8, 4) is 0 Å². The number of aryl methyl sites for hydroxylation is 2. The molecule has 0 bridgehead atoms. The molecule has 0 aromatic heterocycles. The average Bonchev–Trinajstić information content (AvgIpc) is 3.58. The van der Waals surface area contributed by atoms with Gasteiger partial charge in [-0.05, 0) is 85.6 Å². The molecule has 32 heavy (non-hydrogen) atoms. The van der Waals surface area contributed by atoms with Crippen LogP contribution in [0, 0.1) is 13.8 Å². The smallest absolute Gasteiger partial charge is 0.00720 e. The van der Waals surface area contributed by atoms with Crippen molar-refractivity contribution in [2.75, 3.05) is 4.93 Å². The van der Waals surface area contributed by atoms with Crippen LogP contribution < -0.4 is 0 Å². The Kier molecular flexibility index (Phi) is 27.5. The lowest BCUT2D eigenvalue weighted by atomic mass is 9.94. The maximum absolute atomic E-state index is 2.36. The Morgan fingerprint density at radius 3 is 1.41 bits per heavy atom. The molecule has 0 heterocycles. The Balaban J connectivity index is -0.000000183. The van der Waals surface area contributed by atoms with Crippen LogP contribution in [-0.4, -0.2) is 4.93 Å². The number of halogens is 1. The second kappa shape index (κ2) is 23.1. The second-order valence-corrected chi connectivity index (χ2v) is 7.32. The molecule has 1 heteroatoms. The second-order valence-electron chi connectivity index (χ2n) is 7.32. The van der Waals surface area contributed by atoms with Crippen LogP contribution in [0.1, 0.15) is 112 Å². The summed E-state index contributed by atoms with van der Waals surface area (Å²) in [5, 5.41) is 0. The Morgan fingerprint density at radius 2 is 1.06 bits per heavy atom. The van der Waals surface area contributed by atoms with Gasteiger partial charge < -0.3 is 0 Å². The van der Waals surface area contributed by atoms with E-state index in [1.165, 1.54) is 40.7 Å². The first-order valence-corrected chi connectivity index (χ1v) is 14.1. The van der Waals surface area contributed by atoms with E-state index in [1.54, 1.807) is 5.56 Å². The zero-order chi connectivity index (χ0) is 25.0. The van der Waals surface area contributed by atoms with Gasteiger partial charge in [0.1, 0.15) is 0 Å². The summed E-state index contributed by atoms with van der Waals surface area (Å²) >= 11 is 2.15. The van der Waals surface area contributed by atoms with Crippen molar-refractivity contribution in [3.05, 3.63) is 76.4 Å². The molecule has 3 rings (SSSR count). The van der Waals surface area contributed by atoms with E-state index in [0.29, 0.717) is 5.41 Å². The predicted octanol–water partition coefficient (Wildman–Crippen LogP) is 11.6. The van der Waals surface area contributed by atoms with Crippen molar-refractivity contribution >= 4 is 28.2 Å². The molecule has 0 aliphatic heterocycles. The fraction of sp³-hybridized carbons (Fsp3) is 0.548. The van der Waals surface area contributed by atoms with Gasteiger partial charge in [-0.3, -0.25) is 0 Å². The predicted molar refractivity (Wildman–Crippen MR) is 164 cm³/mol. The first-order valence-electron chi connectivity index (χ1n) is 12.0. The molecule has 0 unspecified atom stereocenters. The van der Waals surface area contributed by atoms with Gasteiger partial charge in [0, 0.05) is 0 Å². The van der Waals surface area contributed by atoms with Crippen molar-refractivity contribution in [1.29, 1.82) is 0 Å². The highest BCUT2D eigenvalue weighted by Crippen LogP contribution is 2.48. The van der Waals surface area contributed by atoms with Crippen molar-refractivity contribution in [2.45, 2.75) is 109 Å². The van der Waals surface area contributed by atoms with Crippen LogP contribution in [-0.2, 0) is 5.41 Å². The SMILES string of the molecule is C.CC.CC.CC.CC(C)=C(C)c1ccccc1C.CI.Cc1ccccc1C1(C)CC1. The van der Waals surface area contributed by atoms with E-state index in [4.69, 9.17) is 0 Å². The molecule has 0 N–H and O–H groups in total. The number of alkyl halides is 1. The van der Waals surface area contributed by atoms with Gasteiger partial charge in [-0.1, -0.05) is 133 Å². The third-order valence-corrected chi connectivity index (χ3v) is 5.09. The van der Waals surface area contributed by atoms with Gasteiger partial charge in [-0.2, -0.15) is 0 Å². The van der Waals surface area contributed by atoms with Crippen LogP contribution in [0.2, 0.25) is 0 Å². The monoisotopic (exact) mass is 554 g/mol. The van der Waals surface area contributed by atoms with Crippen LogP contribution >= 0.6 is 22.6 Å². The Bertz CT molecular complexity index is 702. The summed E-state index contributed by atoms with van der Waals surface area (Å²) in [6, 6.07) is 17.2. The Hall–Kier alpha value is -1.09. The number of allylic oxidation sites excluding steroid dienone is 2. The summed E-state index contributed by atoms with van der Waals surface area (Å²) in [6.45, 7) is 25.2. The molecule has 1 fully saturated rings. The molecule has 1 aliphatic carbocycles. The molecule has 186 valence electrons. The summed E-state index contributed by atoms with van der Waals surface area (Å²) < 4.78 is 0. The number of hydrogen-bond donors (Lipinski definition) is 0. The third kappa shape index (κ3) is 14.1. The van der Waals surface area contributed by atoms with Crippen LogP contribution in [0.15, 0.2) is 54.1 Å². The largest absolute Gasteiger partial charge is 0.0901 e. The number of benzene rings is 2. The van der Waals surface area contributed by atoms with Gasteiger partial charge >= 0.3 is 0 Å². The molecule has 0 radical (unpaired) electrons. The fourth-order valence-corrected chi connectivity index (χ4v) is 2.97. The minimum absolute atomic E-state index is 0. The normalized spacial score (nSPS) is 11.2. The molecule has 2 aromatic carbocycles. The van der Waals surface area contributed by atoms with Crippen LogP contribution in [0.5, 0.6) is 0 Å². The summed E-state index contributed by atoms with van der Waals surface area (Å²) in [4.78, 5) is 1.97. The highest BCUT2D eigenvalue weighted by atomic mass is 127. The quantitative estimate of drug-likeness (QED) is 0.256. The topological polar surface area (TPSA) is 0 Å². The minimum atomic E-state index is 0. The summed E-state index contributed by atoms with van der Waals surface area (Å²) in [6.07, 6.45) is 2.75. The summed E-state index contributed by atoms with van der Waals surface area (Å²) in [7, 11) is 0. The van der Waals surface area contributed by atoms with Crippen molar-refractivity contribution in [2.24, 2.45) is 0 Å². The van der Waals surface area contributed by atoms with E-state index in [2.05, 4.69) is 113 Å². The Morgan fingerprint density at radius 1 is 0.688 bits per heavy atom. The molecular formula is C31H55I. The van der Waals surface area contributed by atoms with E-state index in [9.17, 15) is 0 Å². The first kappa shape index (κ1) is 38.2. The van der Waals surface area contributed by atoms with E-state index in [0.717, 1.165) is 0 Å². The van der Waals surface area contributed by atoms with E-state index >= 15 is 0 Å². The van der Waals surface area contributed by atoms with Crippen LogP contribution in [0.25, 0.3) is 5.57 Å². The Labute approximate surface area is 217 Å². The highest BCUT2D eigenvalue weighted by molar-refractivity contribution is 14.1. The molecule has 2 aromatic rings. The maximum atomic E-state index is 2.36. The van der Waals surface area contributed by atoms with Gasteiger partial charge in [0.2, 0.25) is 0 Å². The van der Waals surface area contributed by atoms with Gasteiger partial charge in [0.25, 0.3) is 0 Å². The molecular weight excluding hydrogens is 499 g/mol. The molecule has 0 saturated heterocycles. The van der Waals surface area contributed by atoms with Crippen molar-refractivity contribution in [3.63, 3.8) is 0 Å². The lowest BCUT2D eigenvalue weighted by molar-refractivity contribution is 0.779. The molecule has 0 amide bonds. The van der Waals surface area contributed by atoms with E-state index in [-0.39, 0.29) is 7.43 Å². The lowest BCUT2D eigenvalue weighted by Crippen LogP contribution is -2.01. The maximum Gasteiger partial charge on any atom is -0.00720 e. The lowest BCUT2D eigenvalue weighted by Gasteiger charge is -2.11. The summed E-state index contributed by atoms with van der Waals surface area (Å²) in [5.74, 6) is 0. The van der Waals surface area contributed by atoms with E-state index in [1.807, 2.05) is 46.5 Å². The van der Waals surface area contributed by atoms with E-state index < -0.39 is 0 Å². The van der Waals surface area contributed by atoms with Gasteiger partial charge in [-0.25, -0.2) is 0 Å². The number of hydrogen-bond acceptors (Lipinski definition) is 0. The van der Waals surface area contributed by atoms with Crippen molar-refractivity contribution < 1.29 is 0 Å². The van der Waals surface area contributed by atoms with Gasteiger partial charge in [0.05, 0.1) is 0 Å². The van der Waals surface area contributed by atoms with Crippen molar-refractivity contribution in [1.82, 2.24) is 0 Å². The molecule has 0 nitrogen and oxygen atoms in total. The molecule has 0 atom stereocenters. The zero-order valence-corrected chi connectivity index (χ0v) is 25.1. The fourth-order valence-electron chi connectivity index (χ4n) is 2.97. The molecule has 1 saturated carbocycles. The average molecular weight is 555 g/mol. The van der Waals surface area contributed by atoms with Crippen LogP contribution in [0.4, 0.5) is 0 Å². The van der Waals surface area contributed by atoms with Gasteiger partial charge in [-0.15, -0.1) is 0 Å². The zero-order valence-electron chi connectivity index (χ0n) is 22.9. The number of rotatable bonds is 2. The van der Waals surface area contributed by atoms with Gasteiger partial charge in [0.15, 0.2) is 0 Å². The first-order chi connectivity index (χ1) is 14.8. The highest BCUT2D eigenvalue weighted by Gasteiger charge is 2.39. The standard InChI is InChI=1S/C12H16.C11H14.3C2H6.CH3I.CH4/c1-9(2)11(4)12-8-6-5-7-10(12)3;1-9-5-3-4-6-10(9)11(2)7-8-11;4*1-2;/h5-8H,1-4H3;3-6H,7-8H2,1-2H3;3*1-2H3;1H3;1H4. The van der Waals surface area contributed by atoms with Crippen LogP contribution in [0.3, 0.4) is 0 Å². The minimum Gasteiger partial charge on any atom is -0.0901 e. The molecule has 1 aliphatic rings. The molecule has 0 spiro atoms. The third-order valence-electron chi connectivity index (χ3n) is 5.09. The summed E-state index contributed by atoms with van der Waals surface area (Å²) in [5.41, 5.74) is 9.06.